The monoisotopic (exact) mass is 478 g/mol. The second-order valence-electron chi connectivity index (χ2n) is 7.22. The lowest BCUT2D eigenvalue weighted by molar-refractivity contribution is -0.173. The average molecular weight is 479 g/mol. The van der Waals surface area contributed by atoms with Crippen LogP contribution in [0.1, 0.15) is 40.1 Å². The number of halogens is 4. The van der Waals surface area contributed by atoms with E-state index in [2.05, 4.69) is 31.7 Å². The highest BCUT2D eigenvalue weighted by molar-refractivity contribution is 9.10. The maximum absolute atomic E-state index is 13.8. The number of anilines is 2. The Balaban J connectivity index is 1.63. The number of benzene rings is 2. The molecule has 2 N–H and O–H groups in total. The molecule has 1 aromatic heterocycles. The molecule has 2 heterocycles. The number of aryl methyl sites for hydroxylation is 1. The molecule has 0 bridgehead atoms. The predicted molar refractivity (Wildman–Crippen MR) is 112 cm³/mol. The standard InChI is InChI=1S/C21H18BrF3N4O/c1-12-2-8-15(9-3-12)26-20(30)17-11-19-27-16(13-4-6-14(22)7-5-13)10-18(21(23,24)25)29(19)28-17/h2-9,11,16,18,27H,10H2,1H3,(H,26,30)/t16-,18+/m1/s1. The molecule has 3 aromatic rings. The SMILES string of the molecule is Cc1ccc(NC(=O)c2cc3n(n2)[C@H](C(F)(F)F)C[C@H](c2ccc(Br)cc2)N3)cc1. The van der Waals surface area contributed by atoms with E-state index in [1.54, 1.807) is 36.4 Å². The fourth-order valence-electron chi connectivity index (χ4n) is 3.43. The number of rotatable bonds is 3. The number of nitrogens with zero attached hydrogens (tertiary/aromatic N) is 2. The molecule has 0 saturated carbocycles. The quantitative estimate of drug-likeness (QED) is 0.495. The summed E-state index contributed by atoms with van der Waals surface area (Å²) in [6.07, 6.45) is -4.72. The van der Waals surface area contributed by atoms with E-state index in [9.17, 15) is 18.0 Å². The minimum Gasteiger partial charge on any atom is -0.363 e. The van der Waals surface area contributed by atoms with Crippen molar-refractivity contribution < 1.29 is 18.0 Å². The summed E-state index contributed by atoms with van der Waals surface area (Å²) in [5.41, 5.74) is 2.22. The first-order valence-corrected chi connectivity index (χ1v) is 10.1. The molecule has 2 aromatic carbocycles. The molecule has 9 heteroatoms. The van der Waals surface area contributed by atoms with Crippen LogP contribution in [0, 0.1) is 6.92 Å². The highest BCUT2D eigenvalue weighted by Crippen LogP contribution is 2.43. The number of hydrogen-bond acceptors (Lipinski definition) is 3. The van der Waals surface area contributed by atoms with Gasteiger partial charge in [0, 0.05) is 22.6 Å². The molecule has 0 aliphatic carbocycles. The maximum Gasteiger partial charge on any atom is 0.410 e. The largest absolute Gasteiger partial charge is 0.410 e. The smallest absolute Gasteiger partial charge is 0.363 e. The Hall–Kier alpha value is -2.81. The van der Waals surface area contributed by atoms with Gasteiger partial charge in [0.15, 0.2) is 11.7 Å². The molecule has 4 rings (SSSR count). The van der Waals surface area contributed by atoms with Crippen LogP contribution in [-0.2, 0) is 0 Å². The number of amides is 1. The first kappa shape index (κ1) is 20.5. The van der Waals surface area contributed by atoms with Crippen LogP contribution in [0.25, 0.3) is 0 Å². The van der Waals surface area contributed by atoms with E-state index < -0.39 is 24.2 Å². The summed E-state index contributed by atoms with van der Waals surface area (Å²) >= 11 is 3.33. The molecule has 0 saturated heterocycles. The summed E-state index contributed by atoms with van der Waals surface area (Å²) in [6.45, 7) is 1.92. The fraction of sp³-hybridized carbons (Fsp3) is 0.238. The van der Waals surface area contributed by atoms with Gasteiger partial charge in [-0.15, -0.1) is 0 Å². The van der Waals surface area contributed by atoms with Crippen LogP contribution in [0.4, 0.5) is 24.7 Å². The van der Waals surface area contributed by atoms with E-state index in [1.165, 1.54) is 6.07 Å². The summed E-state index contributed by atoms with van der Waals surface area (Å²) < 4.78 is 43.0. The number of carbonyl (C=O) groups is 1. The van der Waals surface area contributed by atoms with Crippen molar-refractivity contribution in [2.75, 3.05) is 10.6 Å². The van der Waals surface area contributed by atoms with Crippen LogP contribution < -0.4 is 10.6 Å². The van der Waals surface area contributed by atoms with Crippen molar-refractivity contribution in [3.63, 3.8) is 0 Å². The number of carbonyl (C=O) groups excluding carboxylic acids is 1. The van der Waals surface area contributed by atoms with Gasteiger partial charge in [-0.1, -0.05) is 45.8 Å². The molecule has 0 unspecified atom stereocenters. The summed E-state index contributed by atoms with van der Waals surface area (Å²) in [5, 5.41) is 9.72. The first-order chi connectivity index (χ1) is 14.2. The molecule has 156 valence electrons. The Morgan fingerprint density at radius 1 is 1.17 bits per heavy atom. The molecule has 1 aliphatic heterocycles. The van der Waals surface area contributed by atoms with E-state index in [-0.39, 0.29) is 17.9 Å². The zero-order valence-electron chi connectivity index (χ0n) is 15.9. The molecule has 0 radical (unpaired) electrons. The fourth-order valence-corrected chi connectivity index (χ4v) is 3.69. The third-order valence-corrected chi connectivity index (χ3v) is 5.53. The van der Waals surface area contributed by atoms with E-state index in [0.29, 0.717) is 5.69 Å². The first-order valence-electron chi connectivity index (χ1n) is 9.27. The lowest BCUT2D eigenvalue weighted by Crippen LogP contribution is -2.35. The Labute approximate surface area is 179 Å². The third kappa shape index (κ3) is 4.21. The van der Waals surface area contributed by atoms with Gasteiger partial charge in [-0.3, -0.25) is 4.79 Å². The minimum atomic E-state index is -4.50. The minimum absolute atomic E-state index is 0.0798. The Morgan fingerprint density at radius 3 is 2.47 bits per heavy atom. The topological polar surface area (TPSA) is 59.0 Å². The molecule has 5 nitrogen and oxygen atoms in total. The van der Waals surface area contributed by atoms with E-state index in [0.717, 1.165) is 20.3 Å². The van der Waals surface area contributed by atoms with Gasteiger partial charge in [-0.05, 0) is 36.8 Å². The van der Waals surface area contributed by atoms with Crippen LogP contribution in [0.2, 0.25) is 0 Å². The van der Waals surface area contributed by atoms with Gasteiger partial charge < -0.3 is 10.6 Å². The van der Waals surface area contributed by atoms with Crippen molar-refractivity contribution in [1.82, 2.24) is 9.78 Å². The van der Waals surface area contributed by atoms with Crippen molar-refractivity contribution in [2.45, 2.75) is 31.6 Å². The van der Waals surface area contributed by atoms with E-state index in [4.69, 9.17) is 0 Å². The van der Waals surface area contributed by atoms with Crippen LogP contribution in [-0.4, -0.2) is 21.9 Å². The number of hydrogen-bond donors (Lipinski definition) is 2. The number of fused-ring (bicyclic) bond motifs is 1. The Morgan fingerprint density at radius 2 is 1.83 bits per heavy atom. The predicted octanol–water partition coefficient (Wildman–Crippen LogP) is 5.87. The Kier molecular flexibility index (Phi) is 5.31. The molecular formula is C21H18BrF3N4O. The molecule has 2 atom stereocenters. The molecule has 30 heavy (non-hydrogen) atoms. The van der Waals surface area contributed by atoms with Gasteiger partial charge in [0.05, 0.1) is 6.04 Å². The van der Waals surface area contributed by atoms with Gasteiger partial charge in [0.25, 0.3) is 5.91 Å². The lowest BCUT2D eigenvalue weighted by Gasteiger charge is -2.33. The molecule has 1 aliphatic rings. The third-order valence-electron chi connectivity index (χ3n) is 5.00. The van der Waals surface area contributed by atoms with Crippen molar-refractivity contribution in [2.24, 2.45) is 0 Å². The number of nitrogens with one attached hydrogen (secondary N) is 2. The van der Waals surface area contributed by atoms with Gasteiger partial charge in [0.1, 0.15) is 5.82 Å². The summed E-state index contributed by atoms with van der Waals surface area (Å²) in [6, 6.07) is 13.2. The zero-order chi connectivity index (χ0) is 21.5. The van der Waals surface area contributed by atoms with E-state index >= 15 is 0 Å². The van der Waals surface area contributed by atoms with Crippen molar-refractivity contribution in [3.8, 4) is 0 Å². The highest BCUT2D eigenvalue weighted by Gasteiger charge is 2.46. The molecular weight excluding hydrogens is 461 g/mol. The van der Waals surface area contributed by atoms with E-state index in [1.807, 2.05) is 19.1 Å². The highest BCUT2D eigenvalue weighted by atomic mass is 79.9. The van der Waals surface area contributed by atoms with Crippen LogP contribution in [0.3, 0.4) is 0 Å². The second-order valence-corrected chi connectivity index (χ2v) is 8.14. The second kappa shape index (κ2) is 7.79. The summed E-state index contributed by atoms with van der Waals surface area (Å²) in [7, 11) is 0. The van der Waals surface area contributed by atoms with Crippen LogP contribution in [0.5, 0.6) is 0 Å². The Bertz CT molecular complexity index is 1060. The summed E-state index contributed by atoms with van der Waals surface area (Å²) in [4.78, 5) is 12.6. The normalized spacial score (nSPS) is 18.4. The van der Waals surface area contributed by atoms with Gasteiger partial charge in [-0.2, -0.15) is 18.3 Å². The van der Waals surface area contributed by atoms with Crippen molar-refractivity contribution in [1.29, 1.82) is 0 Å². The lowest BCUT2D eigenvalue weighted by atomic mass is 9.97. The molecule has 0 spiro atoms. The molecule has 0 fully saturated rings. The number of aromatic nitrogens is 2. The van der Waals surface area contributed by atoms with Gasteiger partial charge in [0.2, 0.25) is 0 Å². The average Bonchev–Trinajstić information content (AvgIpc) is 3.13. The summed E-state index contributed by atoms with van der Waals surface area (Å²) in [5.74, 6) is -0.408. The maximum atomic E-state index is 13.8. The number of alkyl halides is 3. The molecule has 1 amide bonds. The van der Waals surface area contributed by atoms with Gasteiger partial charge in [-0.25, -0.2) is 4.68 Å². The van der Waals surface area contributed by atoms with Crippen LogP contribution >= 0.6 is 15.9 Å². The van der Waals surface area contributed by atoms with Crippen molar-refractivity contribution in [3.05, 3.63) is 75.9 Å². The van der Waals surface area contributed by atoms with Crippen LogP contribution in [0.15, 0.2) is 59.1 Å². The zero-order valence-corrected chi connectivity index (χ0v) is 17.5. The van der Waals surface area contributed by atoms with Gasteiger partial charge >= 0.3 is 6.18 Å². The van der Waals surface area contributed by atoms with Crippen molar-refractivity contribution >= 4 is 33.3 Å².